The summed E-state index contributed by atoms with van der Waals surface area (Å²) in [4.78, 5) is 0. The second-order valence-electron chi connectivity index (χ2n) is 5.19. The number of benzene rings is 1. The second kappa shape index (κ2) is 9.84. The summed E-state index contributed by atoms with van der Waals surface area (Å²) in [6.07, 6.45) is 14.0. The molecular weight excluding hydrogens is 276 g/mol. The van der Waals surface area contributed by atoms with Gasteiger partial charge in [0.1, 0.15) is 0 Å². The van der Waals surface area contributed by atoms with Gasteiger partial charge in [0.25, 0.3) is 0 Å². The van der Waals surface area contributed by atoms with Gasteiger partial charge in [-0.05, 0) is 46.6 Å². The molecule has 122 valence electrons. The van der Waals surface area contributed by atoms with Crippen molar-refractivity contribution in [2.75, 3.05) is 0 Å². The van der Waals surface area contributed by atoms with Crippen LogP contribution in [-0.4, -0.2) is 0 Å². The van der Waals surface area contributed by atoms with E-state index >= 15 is 0 Å². The van der Waals surface area contributed by atoms with Crippen LogP contribution >= 0.6 is 0 Å². The molecule has 0 aliphatic heterocycles. The molecule has 2 unspecified atom stereocenters. The molecule has 23 heavy (non-hydrogen) atoms. The zero-order chi connectivity index (χ0) is 17.2. The van der Waals surface area contributed by atoms with E-state index in [4.69, 9.17) is 0 Å². The van der Waals surface area contributed by atoms with E-state index in [1.54, 1.807) is 6.08 Å². The lowest BCUT2D eigenvalue weighted by Crippen LogP contribution is -1.90. The van der Waals surface area contributed by atoms with Gasteiger partial charge in [-0.1, -0.05) is 95.5 Å². The lowest BCUT2D eigenvalue weighted by atomic mass is 9.96. The van der Waals surface area contributed by atoms with Gasteiger partial charge < -0.3 is 0 Å². The Morgan fingerprint density at radius 1 is 1.09 bits per heavy atom. The van der Waals surface area contributed by atoms with E-state index in [1.165, 1.54) is 23.1 Å². The highest BCUT2D eigenvalue weighted by Gasteiger charge is 2.34. The first-order chi connectivity index (χ1) is 11.3. The Morgan fingerprint density at radius 3 is 2.43 bits per heavy atom. The lowest BCUT2D eigenvalue weighted by Gasteiger charge is -2.09. The highest BCUT2D eigenvalue weighted by Crippen LogP contribution is 2.46. The van der Waals surface area contributed by atoms with Crippen molar-refractivity contribution in [3.05, 3.63) is 85.0 Å². The zero-order valence-corrected chi connectivity index (χ0v) is 15.0. The molecule has 1 aromatic carbocycles. The quantitative estimate of drug-likeness (QED) is 0.521. The van der Waals surface area contributed by atoms with E-state index in [0.29, 0.717) is 0 Å². The van der Waals surface area contributed by atoms with Crippen LogP contribution in [0.1, 0.15) is 45.2 Å². The molecule has 0 heteroatoms. The van der Waals surface area contributed by atoms with Crippen LogP contribution in [0.4, 0.5) is 0 Å². The summed E-state index contributed by atoms with van der Waals surface area (Å²) in [6.45, 7) is 15.6. The van der Waals surface area contributed by atoms with E-state index in [9.17, 15) is 0 Å². The zero-order valence-electron chi connectivity index (χ0n) is 15.0. The summed E-state index contributed by atoms with van der Waals surface area (Å²) in [5.41, 5.74) is 4.94. The molecular formula is C23H30. The average molecular weight is 306 g/mol. The fourth-order valence-electron chi connectivity index (χ4n) is 2.64. The van der Waals surface area contributed by atoms with Crippen molar-refractivity contribution >= 4 is 11.1 Å². The van der Waals surface area contributed by atoms with Gasteiger partial charge in [-0.25, -0.2) is 0 Å². The molecule has 2 atom stereocenters. The molecule has 0 radical (unpaired) electrons. The molecule has 2 aliphatic rings. The van der Waals surface area contributed by atoms with Crippen LogP contribution in [0, 0.1) is 11.8 Å². The summed E-state index contributed by atoms with van der Waals surface area (Å²) in [6, 6.07) is 8.64. The summed E-state index contributed by atoms with van der Waals surface area (Å²) in [5, 5.41) is 0. The fraction of sp³-hybridized carbons (Fsp3) is 0.304. The summed E-state index contributed by atoms with van der Waals surface area (Å²) in [5.74, 6) is 1.60. The van der Waals surface area contributed by atoms with E-state index in [2.05, 4.69) is 55.7 Å². The van der Waals surface area contributed by atoms with Crippen LogP contribution < -0.4 is 0 Å². The van der Waals surface area contributed by atoms with Gasteiger partial charge in [-0.3, -0.25) is 0 Å². The molecule has 3 rings (SSSR count). The number of rotatable bonds is 4. The maximum Gasteiger partial charge on any atom is -0.0155 e. The van der Waals surface area contributed by atoms with Crippen molar-refractivity contribution in [1.29, 1.82) is 0 Å². The first-order valence-electron chi connectivity index (χ1n) is 8.78. The van der Waals surface area contributed by atoms with E-state index in [0.717, 1.165) is 17.4 Å². The molecule has 0 heterocycles. The van der Waals surface area contributed by atoms with Gasteiger partial charge in [0.05, 0.1) is 0 Å². The Labute approximate surface area is 142 Å². The van der Waals surface area contributed by atoms with Gasteiger partial charge in [-0.15, -0.1) is 0 Å². The molecule has 1 saturated carbocycles. The number of allylic oxidation sites excluding steroid dienone is 8. The molecule has 0 aromatic heterocycles. The Kier molecular flexibility index (Phi) is 8.11. The number of fused-ring (bicyclic) bond motifs is 1. The molecule has 0 amide bonds. The van der Waals surface area contributed by atoms with Crippen molar-refractivity contribution in [3.8, 4) is 0 Å². The fourth-order valence-corrected chi connectivity index (χ4v) is 2.64. The predicted octanol–water partition coefficient (Wildman–Crippen LogP) is 7.08. The van der Waals surface area contributed by atoms with Crippen LogP contribution in [-0.2, 0) is 0 Å². The number of hydrogen-bond acceptors (Lipinski definition) is 0. The second-order valence-corrected chi connectivity index (χ2v) is 5.19. The Hall–Kier alpha value is -2.08. The average Bonchev–Trinajstić information content (AvgIpc) is 3.42. The Balaban J connectivity index is 0.000000615. The van der Waals surface area contributed by atoms with E-state index in [1.807, 2.05) is 39.8 Å². The SMILES string of the molecule is C=C/C=C(\C=C)c1cccc(C2=CC3CC3C=C2)c1.CC.CC. The highest BCUT2D eigenvalue weighted by atomic mass is 14.4. The lowest BCUT2D eigenvalue weighted by molar-refractivity contribution is 0.985. The smallest absolute Gasteiger partial charge is 0.0155 e. The predicted molar refractivity (Wildman–Crippen MR) is 106 cm³/mol. The van der Waals surface area contributed by atoms with E-state index < -0.39 is 0 Å². The Bertz CT molecular complexity index is 611. The highest BCUT2D eigenvalue weighted by molar-refractivity contribution is 5.81. The minimum atomic E-state index is 0.784. The third-order valence-electron chi connectivity index (χ3n) is 3.85. The largest absolute Gasteiger partial charge is 0.0990 e. The Morgan fingerprint density at radius 2 is 1.83 bits per heavy atom. The van der Waals surface area contributed by atoms with Crippen molar-refractivity contribution in [2.24, 2.45) is 11.8 Å². The standard InChI is InChI=1S/C19H18.2C2H6/c1-3-6-14(4-2)15-7-5-8-16(11-15)17-9-10-18-13-19(18)12-17;2*1-2/h3-12,18-19H,1-2,13H2;2*1-2H3/b14-6+;;. The summed E-state index contributed by atoms with van der Waals surface area (Å²) < 4.78 is 0. The van der Waals surface area contributed by atoms with Crippen molar-refractivity contribution in [1.82, 2.24) is 0 Å². The summed E-state index contributed by atoms with van der Waals surface area (Å²) in [7, 11) is 0. The minimum absolute atomic E-state index is 0.784. The molecule has 0 saturated heterocycles. The molecule has 2 aliphatic carbocycles. The normalized spacial score (nSPS) is 20.7. The van der Waals surface area contributed by atoms with Crippen molar-refractivity contribution in [2.45, 2.75) is 34.1 Å². The number of hydrogen-bond donors (Lipinski definition) is 0. The molecule has 0 spiro atoms. The first kappa shape index (κ1) is 19.0. The van der Waals surface area contributed by atoms with Crippen LogP contribution in [0.3, 0.4) is 0 Å². The van der Waals surface area contributed by atoms with Crippen molar-refractivity contribution < 1.29 is 0 Å². The van der Waals surface area contributed by atoms with Crippen LogP contribution in [0.25, 0.3) is 11.1 Å². The van der Waals surface area contributed by atoms with Crippen LogP contribution in [0.2, 0.25) is 0 Å². The molecule has 1 fully saturated rings. The maximum absolute atomic E-state index is 3.87. The van der Waals surface area contributed by atoms with Gasteiger partial charge >= 0.3 is 0 Å². The third kappa shape index (κ3) is 4.96. The minimum Gasteiger partial charge on any atom is -0.0990 e. The van der Waals surface area contributed by atoms with Gasteiger partial charge in [0.2, 0.25) is 0 Å². The van der Waals surface area contributed by atoms with E-state index in [-0.39, 0.29) is 0 Å². The summed E-state index contributed by atoms with van der Waals surface area (Å²) >= 11 is 0. The van der Waals surface area contributed by atoms with Gasteiger partial charge in [-0.2, -0.15) is 0 Å². The van der Waals surface area contributed by atoms with Gasteiger partial charge in [0, 0.05) is 0 Å². The van der Waals surface area contributed by atoms with Crippen LogP contribution in [0.15, 0.2) is 73.9 Å². The van der Waals surface area contributed by atoms with Crippen LogP contribution in [0.5, 0.6) is 0 Å². The topological polar surface area (TPSA) is 0 Å². The van der Waals surface area contributed by atoms with Gasteiger partial charge in [0.15, 0.2) is 0 Å². The monoisotopic (exact) mass is 306 g/mol. The third-order valence-corrected chi connectivity index (χ3v) is 3.85. The van der Waals surface area contributed by atoms with Crippen molar-refractivity contribution in [3.63, 3.8) is 0 Å². The molecule has 0 N–H and O–H groups in total. The molecule has 0 bridgehead atoms. The molecule has 1 aromatic rings. The maximum atomic E-state index is 3.87. The molecule has 0 nitrogen and oxygen atoms in total. The first-order valence-corrected chi connectivity index (χ1v) is 8.78.